The Morgan fingerprint density at radius 3 is 2.76 bits per heavy atom. The van der Waals surface area contributed by atoms with Crippen molar-refractivity contribution >= 4 is 28.6 Å². The molecule has 1 amide bonds. The Labute approximate surface area is 166 Å². The van der Waals surface area contributed by atoms with Gasteiger partial charge in [0.25, 0.3) is 0 Å². The molecular formula is C20H21F2N5O2. The number of carbonyl (C=O) groups is 1. The van der Waals surface area contributed by atoms with Crippen LogP contribution in [0.25, 0.3) is 10.9 Å². The van der Waals surface area contributed by atoms with E-state index in [2.05, 4.69) is 25.8 Å². The van der Waals surface area contributed by atoms with E-state index >= 15 is 0 Å². The number of nitrogens with one attached hydrogen (secondary N) is 3. The van der Waals surface area contributed by atoms with Crippen LogP contribution >= 0.6 is 0 Å². The summed E-state index contributed by atoms with van der Waals surface area (Å²) in [5.41, 5.74) is 0.887. The van der Waals surface area contributed by atoms with Crippen LogP contribution in [0.3, 0.4) is 0 Å². The summed E-state index contributed by atoms with van der Waals surface area (Å²) in [6.45, 7) is 2.13. The molecule has 0 radical (unpaired) electrons. The molecule has 3 rings (SSSR count). The van der Waals surface area contributed by atoms with E-state index in [4.69, 9.17) is 4.74 Å². The summed E-state index contributed by atoms with van der Waals surface area (Å²) in [5.74, 6) is -1.56. The normalized spacial score (nSPS) is 12.8. The van der Waals surface area contributed by atoms with Gasteiger partial charge >= 0.3 is 0 Å². The minimum atomic E-state index is -0.764. The van der Waals surface area contributed by atoms with E-state index < -0.39 is 11.6 Å². The van der Waals surface area contributed by atoms with Crippen LogP contribution in [0.15, 0.2) is 47.5 Å². The summed E-state index contributed by atoms with van der Waals surface area (Å²) in [7, 11) is 1.54. The molecule has 152 valence electrons. The fraction of sp³-hybridized carbons (Fsp3) is 0.250. The average molecular weight is 401 g/mol. The third kappa shape index (κ3) is 5.35. The third-order valence-corrected chi connectivity index (χ3v) is 4.05. The zero-order chi connectivity index (χ0) is 20.8. The van der Waals surface area contributed by atoms with Crippen LogP contribution in [-0.4, -0.2) is 41.8 Å². The number of halogens is 2. The van der Waals surface area contributed by atoms with Crippen LogP contribution in [0.1, 0.15) is 12.5 Å². The summed E-state index contributed by atoms with van der Waals surface area (Å²) in [5, 5.41) is 12.2. The molecular weight excluding hydrogens is 380 g/mol. The van der Waals surface area contributed by atoms with Gasteiger partial charge in [0.1, 0.15) is 11.3 Å². The predicted molar refractivity (Wildman–Crippen MR) is 107 cm³/mol. The Bertz CT molecular complexity index is 1020. The van der Waals surface area contributed by atoms with Gasteiger partial charge in [-0.2, -0.15) is 5.10 Å². The number of fused-ring (bicyclic) bond motifs is 1. The molecule has 0 aliphatic rings. The zero-order valence-electron chi connectivity index (χ0n) is 16.0. The summed E-state index contributed by atoms with van der Waals surface area (Å²) in [4.78, 5) is 16.8. The van der Waals surface area contributed by atoms with Crippen LogP contribution in [0.4, 0.5) is 14.6 Å². The maximum absolute atomic E-state index is 13.9. The molecule has 9 heteroatoms. The summed E-state index contributed by atoms with van der Waals surface area (Å²) in [6, 6.07) is 10.9. The van der Waals surface area contributed by atoms with Crippen molar-refractivity contribution < 1.29 is 18.3 Å². The second kappa shape index (κ2) is 9.24. The van der Waals surface area contributed by atoms with E-state index in [0.717, 1.165) is 17.7 Å². The molecule has 0 saturated carbocycles. The number of rotatable bonds is 6. The highest BCUT2D eigenvalue weighted by atomic mass is 19.1. The van der Waals surface area contributed by atoms with E-state index in [1.165, 1.54) is 0 Å². The highest BCUT2D eigenvalue weighted by Crippen LogP contribution is 2.24. The maximum Gasteiger partial charge on any atom is 0.231 e. The molecule has 0 spiro atoms. The van der Waals surface area contributed by atoms with Gasteiger partial charge in [0.05, 0.1) is 24.5 Å². The molecule has 2 aromatic carbocycles. The molecule has 1 aromatic heterocycles. The Balaban J connectivity index is 1.83. The standard InChI is InChI=1S/C20H21F2N5O2/c1-12(11-29-2)23-20(24-17(28)8-13-6-4-3-5-7-13)25-19-15-9-14(21)10-16(22)18(15)26-27-19/h3-7,9-10,12H,8,11H2,1-2H3,(H3,23,24,25,26,27,28). The molecule has 0 bridgehead atoms. The molecule has 0 saturated heterocycles. The van der Waals surface area contributed by atoms with Crippen LogP contribution in [-0.2, 0) is 16.0 Å². The Hall–Kier alpha value is -3.33. The second-order valence-corrected chi connectivity index (χ2v) is 6.50. The van der Waals surface area contributed by atoms with Crippen molar-refractivity contribution in [1.29, 1.82) is 0 Å². The highest BCUT2D eigenvalue weighted by Gasteiger charge is 2.15. The van der Waals surface area contributed by atoms with Gasteiger partial charge in [-0.25, -0.2) is 13.8 Å². The molecule has 0 fully saturated rings. The van der Waals surface area contributed by atoms with Gasteiger partial charge in [-0.05, 0) is 18.6 Å². The fourth-order valence-electron chi connectivity index (χ4n) is 2.81. The number of ether oxygens (including phenoxy) is 1. The first-order chi connectivity index (χ1) is 14.0. The van der Waals surface area contributed by atoms with Crippen molar-refractivity contribution in [3.05, 3.63) is 59.7 Å². The molecule has 1 atom stereocenters. The number of aromatic amines is 1. The van der Waals surface area contributed by atoms with Gasteiger partial charge in [0.2, 0.25) is 11.9 Å². The number of hydrogen-bond donors (Lipinski definition) is 3. The lowest BCUT2D eigenvalue weighted by Crippen LogP contribution is -2.38. The van der Waals surface area contributed by atoms with Gasteiger partial charge in [-0.1, -0.05) is 30.3 Å². The number of aromatic nitrogens is 2. The summed E-state index contributed by atoms with van der Waals surface area (Å²) in [6.07, 6.45) is 0.144. The van der Waals surface area contributed by atoms with Crippen LogP contribution in [0, 0.1) is 11.6 Å². The number of aliphatic imine (C=N–C) groups is 1. The third-order valence-electron chi connectivity index (χ3n) is 4.05. The lowest BCUT2D eigenvalue weighted by molar-refractivity contribution is -0.119. The summed E-state index contributed by atoms with van der Waals surface area (Å²) >= 11 is 0. The van der Waals surface area contributed by atoms with Gasteiger partial charge in [0.15, 0.2) is 11.6 Å². The van der Waals surface area contributed by atoms with Crippen molar-refractivity contribution in [3.63, 3.8) is 0 Å². The largest absolute Gasteiger partial charge is 0.382 e. The Morgan fingerprint density at radius 2 is 2.03 bits per heavy atom. The van der Waals surface area contributed by atoms with Crippen molar-refractivity contribution in [1.82, 2.24) is 15.5 Å². The number of carbonyl (C=O) groups excluding carboxylic acids is 1. The SMILES string of the molecule is COCC(C)N=C(NC(=O)Cc1ccccc1)Nc1n[nH]c2c(F)cc(F)cc12. The van der Waals surface area contributed by atoms with E-state index in [-0.39, 0.29) is 41.1 Å². The van der Waals surface area contributed by atoms with E-state index in [9.17, 15) is 13.6 Å². The van der Waals surface area contributed by atoms with E-state index in [1.54, 1.807) is 14.0 Å². The predicted octanol–water partition coefficient (Wildman–Crippen LogP) is 3.00. The number of methoxy groups -OCH3 is 1. The van der Waals surface area contributed by atoms with Crippen LogP contribution in [0.5, 0.6) is 0 Å². The number of benzene rings is 2. The molecule has 7 nitrogen and oxygen atoms in total. The molecule has 0 aliphatic heterocycles. The lowest BCUT2D eigenvalue weighted by atomic mass is 10.1. The van der Waals surface area contributed by atoms with Crippen molar-refractivity contribution in [3.8, 4) is 0 Å². The minimum absolute atomic E-state index is 0.0498. The van der Waals surface area contributed by atoms with E-state index in [0.29, 0.717) is 6.61 Å². The zero-order valence-corrected chi connectivity index (χ0v) is 16.0. The summed E-state index contributed by atoms with van der Waals surface area (Å²) < 4.78 is 32.6. The molecule has 1 heterocycles. The van der Waals surface area contributed by atoms with Gasteiger partial charge in [-0.3, -0.25) is 15.2 Å². The monoisotopic (exact) mass is 401 g/mol. The molecule has 29 heavy (non-hydrogen) atoms. The molecule has 1 unspecified atom stereocenters. The second-order valence-electron chi connectivity index (χ2n) is 6.50. The Morgan fingerprint density at radius 1 is 1.28 bits per heavy atom. The number of hydrogen-bond acceptors (Lipinski definition) is 4. The van der Waals surface area contributed by atoms with Gasteiger partial charge in [0, 0.05) is 13.2 Å². The van der Waals surface area contributed by atoms with Crippen molar-refractivity contribution in [2.24, 2.45) is 4.99 Å². The first-order valence-corrected chi connectivity index (χ1v) is 8.97. The number of nitrogens with zero attached hydrogens (tertiary/aromatic N) is 2. The average Bonchev–Trinajstić information content (AvgIpc) is 3.05. The molecule has 3 aromatic rings. The van der Waals surface area contributed by atoms with E-state index in [1.807, 2.05) is 30.3 Å². The number of amides is 1. The number of guanidine groups is 1. The van der Waals surface area contributed by atoms with Crippen molar-refractivity contribution in [2.45, 2.75) is 19.4 Å². The smallest absolute Gasteiger partial charge is 0.231 e. The number of H-pyrrole nitrogens is 1. The highest BCUT2D eigenvalue weighted by molar-refractivity contribution is 6.07. The minimum Gasteiger partial charge on any atom is -0.382 e. The topological polar surface area (TPSA) is 91.4 Å². The lowest BCUT2D eigenvalue weighted by Gasteiger charge is -2.13. The molecule has 0 aliphatic carbocycles. The Kier molecular flexibility index (Phi) is 6.50. The van der Waals surface area contributed by atoms with Gasteiger partial charge < -0.3 is 10.1 Å². The van der Waals surface area contributed by atoms with Crippen molar-refractivity contribution in [2.75, 3.05) is 19.0 Å². The number of anilines is 1. The van der Waals surface area contributed by atoms with Gasteiger partial charge in [-0.15, -0.1) is 0 Å². The molecule has 3 N–H and O–H groups in total. The maximum atomic E-state index is 13.9. The quantitative estimate of drug-likeness (QED) is 0.437. The van der Waals surface area contributed by atoms with Crippen LogP contribution in [0.2, 0.25) is 0 Å². The fourth-order valence-corrected chi connectivity index (χ4v) is 2.81. The first kappa shape index (κ1) is 20.4. The van der Waals surface area contributed by atoms with Crippen LogP contribution < -0.4 is 10.6 Å². The first-order valence-electron chi connectivity index (χ1n) is 8.97.